The summed E-state index contributed by atoms with van der Waals surface area (Å²) in [5.74, 6) is 0. The summed E-state index contributed by atoms with van der Waals surface area (Å²) in [6.07, 6.45) is 7.30. The molecule has 1 nitrogen and oxygen atoms in total. The Hall–Kier alpha value is -6.18. The molecule has 8 aromatic carbocycles. The molecule has 3 aliphatic carbocycles. The van der Waals surface area contributed by atoms with E-state index in [4.69, 9.17) is 0 Å². The van der Waals surface area contributed by atoms with Gasteiger partial charge in [0.2, 0.25) is 0 Å². The van der Waals surface area contributed by atoms with E-state index in [0.717, 1.165) is 12.1 Å². The van der Waals surface area contributed by atoms with Crippen LogP contribution in [0.15, 0.2) is 164 Å². The minimum absolute atomic E-state index is 0.126. The van der Waals surface area contributed by atoms with Gasteiger partial charge in [-0.25, -0.2) is 0 Å². The highest BCUT2D eigenvalue weighted by atomic mass is 15.1. The van der Waals surface area contributed by atoms with E-state index < -0.39 is 0 Å². The third kappa shape index (κ3) is 5.29. The molecule has 0 fully saturated rings. The van der Waals surface area contributed by atoms with Crippen molar-refractivity contribution in [3.05, 3.63) is 197 Å². The minimum Gasteiger partial charge on any atom is -0.310 e. The number of hydrogen-bond donors (Lipinski definition) is 0. The Labute approximate surface area is 330 Å². The molecule has 11 rings (SSSR count). The molecule has 0 saturated heterocycles. The molecule has 0 radical (unpaired) electrons. The van der Waals surface area contributed by atoms with Crippen molar-refractivity contribution in [1.29, 1.82) is 0 Å². The predicted molar refractivity (Wildman–Crippen MR) is 237 cm³/mol. The number of rotatable bonds is 6. The molecular weight excluding hydrogens is 675 g/mol. The average Bonchev–Trinajstić information content (AvgIpc) is 3.99. The molecule has 0 bridgehead atoms. The van der Waals surface area contributed by atoms with Crippen molar-refractivity contribution < 1.29 is 0 Å². The Morgan fingerprint density at radius 1 is 0.393 bits per heavy atom. The molecule has 56 heavy (non-hydrogen) atoms. The first-order chi connectivity index (χ1) is 27.5. The SMILES string of the molecule is CC1(C)c2ccccc2-c2cc(-c3cc4c(c5c3CCC5)CCC4)c(N(c3ccc(-c4ccccc4)cc3)c3ccc4cc(-c5ccccc5)ccc4c3)cc21. The smallest absolute Gasteiger partial charge is 0.0543 e. The van der Waals surface area contributed by atoms with E-state index in [1.54, 1.807) is 22.3 Å². The van der Waals surface area contributed by atoms with E-state index in [-0.39, 0.29) is 5.41 Å². The van der Waals surface area contributed by atoms with Crippen molar-refractivity contribution in [3.63, 3.8) is 0 Å². The number of hydrogen-bond acceptors (Lipinski definition) is 1. The molecule has 0 unspecified atom stereocenters. The van der Waals surface area contributed by atoms with Gasteiger partial charge in [-0.3, -0.25) is 0 Å². The Bertz CT molecular complexity index is 2810. The van der Waals surface area contributed by atoms with Crippen LogP contribution in [0.1, 0.15) is 60.1 Å². The second-order valence-corrected chi connectivity index (χ2v) is 16.7. The maximum atomic E-state index is 2.60. The van der Waals surface area contributed by atoms with Gasteiger partial charge < -0.3 is 4.90 Å². The zero-order valence-corrected chi connectivity index (χ0v) is 32.3. The highest BCUT2D eigenvalue weighted by Gasteiger charge is 2.38. The summed E-state index contributed by atoms with van der Waals surface area (Å²) in [4.78, 5) is 2.56. The van der Waals surface area contributed by atoms with Crippen LogP contribution < -0.4 is 4.90 Å². The Morgan fingerprint density at radius 3 is 1.80 bits per heavy atom. The van der Waals surface area contributed by atoms with Gasteiger partial charge >= 0.3 is 0 Å². The molecule has 8 aromatic rings. The molecule has 3 aliphatic rings. The highest BCUT2D eigenvalue weighted by molar-refractivity contribution is 5.98. The summed E-state index contributed by atoms with van der Waals surface area (Å²) in [7, 11) is 0. The first-order valence-corrected chi connectivity index (χ1v) is 20.5. The summed E-state index contributed by atoms with van der Waals surface area (Å²) in [5, 5.41) is 2.48. The van der Waals surface area contributed by atoms with Crippen LogP contribution in [-0.2, 0) is 31.1 Å². The lowest BCUT2D eigenvalue weighted by Crippen LogP contribution is -2.17. The van der Waals surface area contributed by atoms with Crippen LogP contribution in [0, 0.1) is 0 Å². The van der Waals surface area contributed by atoms with Crippen LogP contribution in [0.4, 0.5) is 17.1 Å². The number of benzene rings is 8. The molecule has 0 saturated carbocycles. The highest BCUT2D eigenvalue weighted by Crippen LogP contribution is 2.55. The van der Waals surface area contributed by atoms with Crippen LogP contribution in [0.5, 0.6) is 0 Å². The van der Waals surface area contributed by atoms with Crippen molar-refractivity contribution in [2.45, 2.75) is 57.8 Å². The van der Waals surface area contributed by atoms with E-state index in [1.165, 1.54) is 110 Å². The van der Waals surface area contributed by atoms with Gasteiger partial charge in [0.05, 0.1) is 5.69 Å². The van der Waals surface area contributed by atoms with Gasteiger partial charge in [-0.15, -0.1) is 0 Å². The largest absolute Gasteiger partial charge is 0.310 e. The molecule has 0 aliphatic heterocycles. The van der Waals surface area contributed by atoms with Crippen LogP contribution >= 0.6 is 0 Å². The minimum atomic E-state index is -0.126. The molecule has 0 aromatic heterocycles. The van der Waals surface area contributed by atoms with Crippen molar-refractivity contribution >= 4 is 27.8 Å². The second kappa shape index (κ2) is 13.0. The molecule has 0 amide bonds. The van der Waals surface area contributed by atoms with Crippen LogP contribution in [0.2, 0.25) is 0 Å². The summed E-state index contributed by atoms with van der Waals surface area (Å²) < 4.78 is 0. The number of anilines is 3. The lowest BCUT2D eigenvalue weighted by Gasteiger charge is -2.31. The van der Waals surface area contributed by atoms with E-state index in [0.29, 0.717) is 0 Å². The number of nitrogens with zero attached hydrogens (tertiary/aromatic N) is 1. The lowest BCUT2D eigenvalue weighted by atomic mass is 9.81. The summed E-state index contributed by atoms with van der Waals surface area (Å²) in [6, 6.07) is 61.5. The maximum Gasteiger partial charge on any atom is 0.0543 e. The van der Waals surface area contributed by atoms with Crippen LogP contribution in [0.25, 0.3) is 55.3 Å². The molecular formula is C55H45N. The summed E-state index contributed by atoms with van der Waals surface area (Å²) in [5.41, 5.74) is 23.2. The normalized spacial score (nSPS) is 14.7. The fraction of sp³-hybridized carbons (Fsp3) is 0.164. The van der Waals surface area contributed by atoms with Crippen LogP contribution in [-0.4, -0.2) is 0 Å². The summed E-state index contributed by atoms with van der Waals surface area (Å²) in [6.45, 7) is 4.82. The van der Waals surface area contributed by atoms with Gasteiger partial charge in [-0.1, -0.05) is 135 Å². The van der Waals surface area contributed by atoms with Gasteiger partial charge in [0, 0.05) is 22.4 Å². The van der Waals surface area contributed by atoms with E-state index in [1.807, 2.05) is 0 Å². The fourth-order valence-corrected chi connectivity index (χ4v) is 10.3. The quantitative estimate of drug-likeness (QED) is 0.165. The first-order valence-electron chi connectivity index (χ1n) is 20.5. The molecule has 0 heterocycles. The third-order valence-electron chi connectivity index (χ3n) is 13.1. The second-order valence-electron chi connectivity index (χ2n) is 16.7. The standard InChI is InChI=1S/C55H45N/c1-55(2)52-22-10-9-18-48(52)50-34-51(49-33-42-17-11-19-45(42)46-20-12-21-47(46)49)54(35-53(50)55)56(43-28-25-38(26-29-43)36-13-5-3-6-14-36)44-30-27-40-31-39(23-24-41(40)32-44)37-15-7-4-8-16-37/h3-10,13-16,18,22-35H,11-12,17,19-21H2,1-2H3. The Kier molecular flexibility index (Phi) is 7.68. The average molecular weight is 720 g/mol. The Balaban J connectivity index is 1.17. The van der Waals surface area contributed by atoms with Crippen molar-refractivity contribution in [2.24, 2.45) is 0 Å². The van der Waals surface area contributed by atoms with E-state index in [2.05, 4.69) is 183 Å². The molecule has 0 atom stereocenters. The van der Waals surface area contributed by atoms with Gasteiger partial charge in [-0.05, 0) is 164 Å². The monoisotopic (exact) mass is 719 g/mol. The predicted octanol–water partition coefficient (Wildman–Crippen LogP) is 14.6. The van der Waals surface area contributed by atoms with E-state index >= 15 is 0 Å². The van der Waals surface area contributed by atoms with Crippen molar-refractivity contribution in [2.75, 3.05) is 4.90 Å². The third-order valence-corrected chi connectivity index (χ3v) is 13.1. The Morgan fingerprint density at radius 2 is 1.00 bits per heavy atom. The molecule has 1 heteroatoms. The zero-order valence-electron chi connectivity index (χ0n) is 32.3. The summed E-state index contributed by atoms with van der Waals surface area (Å²) >= 11 is 0. The number of fused-ring (bicyclic) bond motifs is 7. The first kappa shape index (κ1) is 33.2. The van der Waals surface area contributed by atoms with Gasteiger partial charge in [0.25, 0.3) is 0 Å². The molecule has 270 valence electrons. The molecule has 0 spiro atoms. The van der Waals surface area contributed by atoms with Gasteiger partial charge in [-0.2, -0.15) is 0 Å². The van der Waals surface area contributed by atoms with Crippen molar-refractivity contribution in [1.82, 2.24) is 0 Å². The maximum absolute atomic E-state index is 2.60. The zero-order chi connectivity index (χ0) is 37.4. The van der Waals surface area contributed by atoms with Gasteiger partial charge in [0.15, 0.2) is 0 Å². The lowest BCUT2D eigenvalue weighted by molar-refractivity contribution is 0.660. The molecule has 0 N–H and O–H groups in total. The topological polar surface area (TPSA) is 3.24 Å². The van der Waals surface area contributed by atoms with Crippen molar-refractivity contribution in [3.8, 4) is 44.5 Å². The van der Waals surface area contributed by atoms with Gasteiger partial charge in [0.1, 0.15) is 0 Å². The van der Waals surface area contributed by atoms with Crippen LogP contribution in [0.3, 0.4) is 0 Å². The number of aryl methyl sites for hydroxylation is 1. The van der Waals surface area contributed by atoms with E-state index in [9.17, 15) is 0 Å². The fourth-order valence-electron chi connectivity index (χ4n) is 10.3.